The summed E-state index contributed by atoms with van der Waals surface area (Å²) in [4.78, 5) is 26.0. The number of carbonyl (C=O) groups is 2. The number of esters is 1. The zero-order valence-electron chi connectivity index (χ0n) is 21.1. The van der Waals surface area contributed by atoms with Gasteiger partial charge in [0.15, 0.2) is 11.4 Å². The van der Waals surface area contributed by atoms with Gasteiger partial charge < -0.3 is 9.47 Å². The minimum absolute atomic E-state index is 0.0168. The summed E-state index contributed by atoms with van der Waals surface area (Å²) in [6.45, 7) is 12.9. The fourth-order valence-electron chi connectivity index (χ4n) is 3.33. The summed E-state index contributed by atoms with van der Waals surface area (Å²) >= 11 is 1.66. The van der Waals surface area contributed by atoms with Crippen molar-refractivity contribution in [2.24, 2.45) is 0 Å². The van der Waals surface area contributed by atoms with Crippen molar-refractivity contribution in [1.29, 1.82) is 0 Å². The Morgan fingerprint density at radius 3 is 2.06 bits per heavy atom. The van der Waals surface area contributed by atoms with Crippen molar-refractivity contribution >= 4 is 23.5 Å². The van der Waals surface area contributed by atoms with Gasteiger partial charge in [-0.05, 0) is 115 Å². The molecule has 0 heterocycles. The van der Waals surface area contributed by atoms with Crippen molar-refractivity contribution in [2.45, 2.75) is 77.4 Å². The van der Waals surface area contributed by atoms with Gasteiger partial charge in [-0.25, -0.2) is 4.79 Å². The third kappa shape index (κ3) is 8.08. The molecule has 0 fully saturated rings. The van der Waals surface area contributed by atoms with Crippen molar-refractivity contribution in [3.63, 3.8) is 0 Å². The third-order valence-electron chi connectivity index (χ3n) is 5.01. The first-order valence-electron chi connectivity index (χ1n) is 11.2. The SMILES string of the molecule is CSc1ccc(C(=O)/C=C/CCc2cc(C)c(OC(C)(C)C(=O)OC(C)(C)C)c(C)c2)cc1. The molecule has 2 aromatic rings. The molecule has 0 saturated heterocycles. The second-order valence-electron chi connectivity index (χ2n) is 9.71. The maximum atomic E-state index is 12.6. The summed E-state index contributed by atoms with van der Waals surface area (Å²) in [6.07, 6.45) is 7.16. The fourth-order valence-corrected chi connectivity index (χ4v) is 3.74. The summed E-state index contributed by atoms with van der Waals surface area (Å²) in [5, 5.41) is 0. The molecule has 0 aromatic heterocycles. The smallest absolute Gasteiger partial charge is 0.350 e. The van der Waals surface area contributed by atoms with Gasteiger partial charge in [0.05, 0.1) is 0 Å². The number of ketones is 1. The Bertz CT molecular complexity index is 988. The molecule has 0 bridgehead atoms. The van der Waals surface area contributed by atoms with E-state index in [0.717, 1.165) is 34.4 Å². The van der Waals surface area contributed by atoms with Crippen LogP contribution in [0.3, 0.4) is 0 Å². The van der Waals surface area contributed by atoms with Crippen LogP contribution in [-0.4, -0.2) is 29.2 Å². The van der Waals surface area contributed by atoms with Gasteiger partial charge in [-0.2, -0.15) is 0 Å². The molecule has 0 radical (unpaired) electrons. The van der Waals surface area contributed by atoms with Gasteiger partial charge in [0.25, 0.3) is 0 Å². The van der Waals surface area contributed by atoms with Gasteiger partial charge in [-0.15, -0.1) is 11.8 Å². The van der Waals surface area contributed by atoms with E-state index in [4.69, 9.17) is 9.47 Å². The lowest BCUT2D eigenvalue weighted by molar-refractivity contribution is -0.171. The Morgan fingerprint density at radius 1 is 0.970 bits per heavy atom. The fraction of sp³-hybridized carbons (Fsp3) is 0.429. The largest absolute Gasteiger partial charge is 0.476 e. The number of rotatable bonds is 9. The Morgan fingerprint density at radius 2 is 1.55 bits per heavy atom. The molecular weight excluding hydrogens is 432 g/mol. The highest BCUT2D eigenvalue weighted by molar-refractivity contribution is 7.98. The topological polar surface area (TPSA) is 52.6 Å². The standard InChI is InChI=1S/C28H36O4S/c1-19-17-21(11-9-10-12-24(29)22-13-15-23(33-8)16-14-22)18-20(2)25(19)31-28(6,7)26(30)32-27(3,4)5/h10,12-18H,9,11H2,1-8H3/b12-10+. The van der Waals surface area contributed by atoms with Gasteiger partial charge in [0.2, 0.25) is 0 Å². The number of aryl methyl sites for hydroxylation is 3. The molecule has 0 unspecified atom stereocenters. The van der Waals surface area contributed by atoms with Gasteiger partial charge in [0.1, 0.15) is 11.4 Å². The van der Waals surface area contributed by atoms with Gasteiger partial charge in [-0.1, -0.05) is 18.2 Å². The van der Waals surface area contributed by atoms with E-state index in [9.17, 15) is 9.59 Å². The first-order valence-corrected chi connectivity index (χ1v) is 12.4. The van der Waals surface area contributed by atoms with Crippen LogP contribution >= 0.6 is 11.8 Å². The van der Waals surface area contributed by atoms with Gasteiger partial charge >= 0.3 is 5.97 Å². The molecule has 0 aliphatic rings. The highest BCUT2D eigenvalue weighted by Gasteiger charge is 2.35. The van der Waals surface area contributed by atoms with Crippen LogP contribution in [-0.2, 0) is 16.0 Å². The molecule has 178 valence electrons. The van der Waals surface area contributed by atoms with E-state index in [0.29, 0.717) is 11.3 Å². The van der Waals surface area contributed by atoms with Crippen LogP contribution in [0.5, 0.6) is 5.75 Å². The van der Waals surface area contributed by atoms with Crippen molar-refractivity contribution < 1.29 is 19.1 Å². The lowest BCUT2D eigenvalue weighted by Crippen LogP contribution is -2.43. The van der Waals surface area contributed by atoms with Crippen LogP contribution < -0.4 is 4.74 Å². The molecule has 0 amide bonds. The van der Waals surface area contributed by atoms with E-state index in [-0.39, 0.29) is 5.78 Å². The Labute approximate surface area is 202 Å². The minimum Gasteiger partial charge on any atom is -0.476 e. The molecule has 0 aliphatic carbocycles. The van der Waals surface area contributed by atoms with E-state index < -0.39 is 17.2 Å². The average molecular weight is 469 g/mol. The van der Waals surface area contributed by atoms with E-state index in [1.165, 1.54) is 0 Å². The van der Waals surface area contributed by atoms with Crippen LogP contribution in [0, 0.1) is 13.8 Å². The predicted molar refractivity (Wildman–Crippen MR) is 136 cm³/mol. The summed E-state index contributed by atoms with van der Waals surface area (Å²) in [5.41, 5.74) is 2.13. The number of benzene rings is 2. The maximum absolute atomic E-state index is 12.6. The highest BCUT2D eigenvalue weighted by atomic mass is 32.2. The second kappa shape index (κ2) is 11.1. The highest BCUT2D eigenvalue weighted by Crippen LogP contribution is 2.30. The number of ether oxygens (including phenoxy) is 2. The summed E-state index contributed by atoms with van der Waals surface area (Å²) in [7, 11) is 0. The Kier molecular flexibility index (Phi) is 8.96. The molecule has 0 aliphatic heterocycles. The molecule has 0 spiro atoms. The minimum atomic E-state index is -1.10. The van der Waals surface area contributed by atoms with Crippen molar-refractivity contribution in [3.8, 4) is 5.75 Å². The Balaban J connectivity index is 2.01. The normalized spacial score (nSPS) is 12.1. The molecule has 4 nitrogen and oxygen atoms in total. The first-order chi connectivity index (χ1) is 15.3. The number of hydrogen-bond donors (Lipinski definition) is 0. The zero-order valence-corrected chi connectivity index (χ0v) is 21.9. The molecule has 2 aromatic carbocycles. The molecular formula is C28H36O4S. The van der Waals surface area contributed by atoms with Crippen LogP contribution in [0.1, 0.15) is 68.1 Å². The predicted octanol–water partition coefficient (Wildman–Crippen LogP) is 6.90. The lowest BCUT2D eigenvalue weighted by atomic mass is 10.0. The average Bonchev–Trinajstić information content (AvgIpc) is 2.72. The number of allylic oxidation sites excluding steroid dienone is 2. The van der Waals surface area contributed by atoms with Crippen molar-refractivity contribution in [2.75, 3.05) is 6.26 Å². The van der Waals surface area contributed by atoms with Crippen LogP contribution in [0.2, 0.25) is 0 Å². The molecule has 2 rings (SSSR count). The molecule has 33 heavy (non-hydrogen) atoms. The van der Waals surface area contributed by atoms with E-state index in [1.807, 2.05) is 71.2 Å². The summed E-state index contributed by atoms with van der Waals surface area (Å²) in [6, 6.07) is 11.8. The van der Waals surface area contributed by atoms with Crippen LogP contribution in [0.4, 0.5) is 0 Å². The zero-order chi connectivity index (χ0) is 24.8. The van der Waals surface area contributed by atoms with E-state index in [1.54, 1.807) is 31.7 Å². The molecule has 0 N–H and O–H groups in total. The molecule has 0 saturated carbocycles. The van der Waals surface area contributed by atoms with E-state index >= 15 is 0 Å². The Hall–Kier alpha value is -2.53. The monoisotopic (exact) mass is 468 g/mol. The quantitative estimate of drug-likeness (QED) is 0.173. The van der Waals surface area contributed by atoms with Crippen LogP contribution in [0.15, 0.2) is 53.4 Å². The first kappa shape index (κ1) is 26.7. The molecule has 0 atom stereocenters. The van der Waals surface area contributed by atoms with Crippen molar-refractivity contribution in [1.82, 2.24) is 0 Å². The van der Waals surface area contributed by atoms with Gasteiger partial charge in [0, 0.05) is 10.5 Å². The van der Waals surface area contributed by atoms with Gasteiger partial charge in [-0.3, -0.25) is 4.79 Å². The molecule has 5 heteroatoms. The van der Waals surface area contributed by atoms with E-state index in [2.05, 4.69) is 12.1 Å². The van der Waals surface area contributed by atoms with Crippen molar-refractivity contribution in [3.05, 3.63) is 70.8 Å². The summed E-state index contributed by atoms with van der Waals surface area (Å²) in [5.74, 6) is 0.327. The maximum Gasteiger partial charge on any atom is 0.350 e. The number of carbonyl (C=O) groups excluding carboxylic acids is 2. The number of hydrogen-bond acceptors (Lipinski definition) is 5. The van der Waals surface area contributed by atoms with Crippen LogP contribution in [0.25, 0.3) is 0 Å². The lowest BCUT2D eigenvalue weighted by Gasteiger charge is -2.30. The second-order valence-corrected chi connectivity index (χ2v) is 10.6. The summed E-state index contributed by atoms with van der Waals surface area (Å²) < 4.78 is 11.6. The third-order valence-corrected chi connectivity index (χ3v) is 5.75. The number of thioether (sulfide) groups is 1.